The van der Waals surface area contributed by atoms with Crippen molar-refractivity contribution in [2.24, 2.45) is 0 Å². The smallest absolute Gasteiger partial charge is 0.164 e. The summed E-state index contributed by atoms with van der Waals surface area (Å²) in [5.74, 6) is 0.414. The fourth-order valence-corrected chi connectivity index (χ4v) is 3.00. The van der Waals surface area contributed by atoms with E-state index in [4.69, 9.17) is 9.47 Å². The van der Waals surface area contributed by atoms with Gasteiger partial charge in [-0.05, 0) is 36.2 Å². The molecule has 0 aliphatic carbocycles. The fourth-order valence-electron chi connectivity index (χ4n) is 3.00. The zero-order valence-corrected chi connectivity index (χ0v) is 12.5. The molecular formula is C17H17F2NO2. The molecule has 3 nitrogen and oxygen atoms in total. The summed E-state index contributed by atoms with van der Waals surface area (Å²) in [6, 6.07) is 6.77. The van der Waals surface area contributed by atoms with Crippen molar-refractivity contribution in [2.45, 2.75) is 12.5 Å². The van der Waals surface area contributed by atoms with E-state index in [0.29, 0.717) is 23.6 Å². The number of rotatable bonds is 3. The van der Waals surface area contributed by atoms with Crippen LogP contribution in [0.25, 0.3) is 0 Å². The summed E-state index contributed by atoms with van der Waals surface area (Å²) >= 11 is 0. The number of benzene rings is 2. The Labute approximate surface area is 127 Å². The average Bonchev–Trinajstić information content (AvgIpc) is 2.55. The summed E-state index contributed by atoms with van der Waals surface area (Å²) in [6.45, 7) is 0.650. The molecule has 0 amide bonds. The molecule has 2 aromatic carbocycles. The summed E-state index contributed by atoms with van der Waals surface area (Å²) in [7, 11) is 3.16. The maximum atomic E-state index is 14.1. The van der Waals surface area contributed by atoms with Crippen LogP contribution in [0.4, 0.5) is 8.78 Å². The third-order valence-electron chi connectivity index (χ3n) is 3.99. The fraction of sp³-hybridized carbons (Fsp3) is 0.294. The Morgan fingerprint density at radius 1 is 1.05 bits per heavy atom. The van der Waals surface area contributed by atoms with Crippen LogP contribution >= 0.6 is 0 Å². The van der Waals surface area contributed by atoms with Crippen molar-refractivity contribution in [1.82, 2.24) is 5.32 Å². The van der Waals surface area contributed by atoms with Crippen molar-refractivity contribution in [3.63, 3.8) is 0 Å². The van der Waals surface area contributed by atoms with Crippen LogP contribution in [0.15, 0.2) is 30.3 Å². The first-order chi connectivity index (χ1) is 10.7. The molecule has 1 aliphatic rings. The predicted octanol–water partition coefficient (Wildman–Crippen LogP) is 3.22. The van der Waals surface area contributed by atoms with Crippen molar-refractivity contribution in [2.75, 3.05) is 20.8 Å². The van der Waals surface area contributed by atoms with E-state index in [2.05, 4.69) is 5.32 Å². The third-order valence-corrected chi connectivity index (χ3v) is 3.99. The lowest BCUT2D eigenvalue weighted by atomic mass is 9.88. The summed E-state index contributed by atoms with van der Waals surface area (Å²) in [4.78, 5) is 0. The first-order valence-electron chi connectivity index (χ1n) is 7.07. The summed E-state index contributed by atoms with van der Waals surface area (Å²) in [5, 5.41) is 3.25. The van der Waals surface area contributed by atoms with Crippen molar-refractivity contribution in [3.05, 3.63) is 58.7 Å². The van der Waals surface area contributed by atoms with E-state index >= 15 is 0 Å². The van der Waals surface area contributed by atoms with Gasteiger partial charge in [-0.1, -0.05) is 6.07 Å². The molecule has 1 N–H and O–H groups in total. The highest BCUT2D eigenvalue weighted by Crippen LogP contribution is 2.40. The molecule has 1 unspecified atom stereocenters. The second-order valence-corrected chi connectivity index (χ2v) is 5.17. The van der Waals surface area contributed by atoms with E-state index in [9.17, 15) is 8.78 Å². The van der Waals surface area contributed by atoms with Gasteiger partial charge in [0.1, 0.15) is 11.6 Å². The second kappa shape index (κ2) is 5.93. The monoisotopic (exact) mass is 305 g/mol. The normalized spacial score (nSPS) is 17.0. The van der Waals surface area contributed by atoms with Gasteiger partial charge in [0.15, 0.2) is 11.5 Å². The van der Waals surface area contributed by atoms with Crippen LogP contribution < -0.4 is 14.8 Å². The van der Waals surface area contributed by atoms with E-state index in [-0.39, 0.29) is 0 Å². The van der Waals surface area contributed by atoms with Gasteiger partial charge < -0.3 is 14.8 Å². The SMILES string of the molecule is COc1ccc2c(c1OC)CCNC2c1cc(F)ccc1F. The van der Waals surface area contributed by atoms with Gasteiger partial charge in [0.25, 0.3) is 0 Å². The lowest BCUT2D eigenvalue weighted by Crippen LogP contribution is -2.31. The van der Waals surface area contributed by atoms with Gasteiger partial charge in [0.2, 0.25) is 0 Å². The zero-order valence-electron chi connectivity index (χ0n) is 12.5. The van der Waals surface area contributed by atoms with Crippen LogP contribution in [0.3, 0.4) is 0 Å². The van der Waals surface area contributed by atoms with Crippen molar-refractivity contribution in [3.8, 4) is 11.5 Å². The molecule has 1 aliphatic heterocycles. The van der Waals surface area contributed by atoms with Crippen LogP contribution in [-0.4, -0.2) is 20.8 Å². The molecule has 0 aromatic heterocycles. The Morgan fingerprint density at radius 3 is 2.59 bits per heavy atom. The minimum atomic E-state index is -0.453. The van der Waals surface area contributed by atoms with Gasteiger partial charge in [0.05, 0.1) is 20.3 Å². The molecule has 2 aromatic rings. The quantitative estimate of drug-likeness (QED) is 0.944. The predicted molar refractivity (Wildman–Crippen MR) is 79.5 cm³/mol. The Morgan fingerprint density at radius 2 is 1.86 bits per heavy atom. The number of halogens is 2. The molecule has 1 atom stereocenters. The first-order valence-corrected chi connectivity index (χ1v) is 7.07. The molecule has 0 radical (unpaired) electrons. The summed E-state index contributed by atoms with van der Waals surface area (Å²) < 4.78 is 38.4. The van der Waals surface area contributed by atoms with E-state index in [1.165, 1.54) is 6.07 Å². The summed E-state index contributed by atoms with van der Waals surface area (Å²) in [5.41, 5.74) is 2.15. The van der Waals surface area contributed by atoms with Gasteiger partial charge >= 0.3 is 0 Å². The van der Waals surface area contributed by atoms with Gasteiger partial charge in [-0.3, -0.25) is 0 Å². The van der Waals surface area contributed by atoms with Crippen molar-refractivity contribution in [1.29, 1.82) is 0 Å². The van der Waals surface area contributed by atoms with Gasteiger partial charge in [-0.25, -0.2) is 8.78 Å². The minimum Gasteiger partial charge on any atom is -0.493 e. The third kappa shape index (κ3) is 2.41. The van der Waals surface area contributed by atoms with Crippen molar-refractivity contribution < 1.29 is 18.3 Å². The number of nitrogens with one attached hydrogen (secondary N) is 1. The van der Waals surface area contributed by atoms with Crippen LogP contribution in [0.2, 0.25) is 0 Å². The molecule has 0 saturated heterocycles. The van der Waals surface area contributed by atoms with E-state index in [1.54, 1.807) is 20.3 Å². The van der Waals surface area contributed by atoms with Crippen LogP contribution in [-0.2, 0) is 6.42 Å². The minimum absolute atomic E-state index is 0.299. The Kier molecular flexibility index (Phi) is 3.98. The molecule has 5 heteroatoms. The zero-order chi connectivity index (χ0) is 15.7. The molecule has 0 fully saturated rings. The topological polar surface area (TPSA) is 30.5 Å². The van der Waals surface area contributed by atoms with Gasteiger partial charge in [-0.15, -0.1) is 0 Å². The molecule has 1 heterocycles. The van der Waals surface area contributed by atoms with Crippen molar-refractivity contribution >= 4 is 0 Å². The van der Waals surface area contributed by atoms with Crippen LogP contribution in [0, 0.1) is 11.6 Å². The number of hydrogen-bond donors (Lipinski definition) is 1. The first kappa shape index (κ1) is 14.8. The molecule has 0 saturated carbocycles. The molecular weight excluding hydrogens is 288 g/mol. The van der Waals surface area contributed by atoms with Crippen LogP contribution in [0.5, 0.6) is 11.5 Å². The number of fused-ring (bicyclic) bond motifs is 1. The standard InChI is InChI=1S/C17H17F2NO2/c1-21-15-6-4-11-12(17(15)22-2)7-8-20-16(11)13-9-10(18)3-5-14(13)19/h3-6,9,16,20H,7-8H2,1-2H3. The van der Waals surface area contributed by atoms with E-state index < -0.39 is 17.7 Å². The highest BCUT2D eigenvalue weighted by molar-refractivity contribution is 5.54. The summed E-state index contributed by atoms with van der Waals surface area (Å²) in [6.07, 6.45) is 0.739. The lowest BCUT2D eigenvalue weighted by Gasteiger charge is -2.29. The van der Waals surface area contributed by atoms with E-state index in [0.717, 1.165) is 29.7 Å². The molecule has 116 valence electrons. The highest BCUT2D eigenvalue weighted by Gasteiger charge is 2.27. The number of hydrogen-bond acceptors (Lipinski definition) is 3. The lowest BCUT2D eigenvalue weighted by molar-refractivity contribution is 0.348. The highest BCUT2D eigenvalue weighted by atomic mass is 19.1. The van der Waals surface area contributed by atoms with Crippen LogP contribution in [0.1, 0.15) is 22.7 Å². The van der Waals surface area contributed by atoms with Gasteiger partial charge in [-0.2, -0.15) is 0 Å². The molecule has 22 heavy (non-hydrogen) atoms. The Balaban J connectivity index is 2.14. The molecule has 3 rings (SSSR count). The maximum Gasteiger partial charge on any atom is 0.164 e. The Hall–Kier alpha value is -2.14. The van der Waals surface area contributed by atoms with E-state index in [1.807, 2.05) is 6.07 Å². The Bertz CT molecular complexity index is 703. The number of ether oxygens (including phenoxy) is 2. The molecule has 0 bridgehead atoms. The average molecular weight is 305 g/mol. The maximum absolute atomic E-state index is 14.1. The number of methoxy groups -OCH3 is 2. The van der Waals surface area contributed by atoms with Gasteiger partial charge in [0, 0.05) is 17.7 Å². The largest absolute Gasteiger partial charge is 0.493 e. The second-order valence-electron chi connectivity index (χ2n) is 5.17. The molecule has 0 spiro atoms.